The molecule has 4 heteroatoms. The second-order valence-corrected chi connectivity index (χ2v) is 6.71. The van der Waals surface area contributed by atoms with Crippen molar-refractivity contribution < 1.29 is 4.79 Å². The first-order valence-corrected chi connectivity index (χ1v) is 9.19. The second-order valence-electron chi connectivity index (χ2n) is 6.71. The second kappa shape index (κ2) is 8.46. The molecule has 0 aliphatic carbocycles. The van der Waals surface area contributed by atoms with Crippen LogP contribution in [0.4, 0.5) is 0 Å². The van der Waals surface area contributed by atoms with Crippen LogP contribution in [0.25, 0.3) is 11.1 Å². The Morgan fingerprint density at radius 1 is 1.19 bits per heavy atom. The van der Waals surface area contributed by atoms with Crippen LogP contribution in [-0.4, -0.2) is 18.2 Å². The normalized spacial score (nSPS) is 13.6. The van der Waals surface area contributed by atoms with E-state index in [1.165, 1.54) is 5.56 Å². The molecule has 0 fully saturated rings. The first-order valence-electron chi connectivity index (χ1n) is 9.19. The highest BCUT2D eigenvalue weighted by Crippen LogP contribution is 2.25. The summed E-state index contributed by atoms with van der Waals surface area (Å²) < 4.78 is 0. The van der Waals surface area contributed by atoms with Gasteiger partial charge in [0.25, 0.3) is 0 Å². The lowest BCUT2D eigenvalue weighted by Gasteiger charge is -2.20. The van der Waals surface area contributed by atoms with E-state index >= 15 is 0 Å². The first kappa shape index (κ1) is 18.6. The van der Waals surface area contributed by atoms with Crippen LogP contribution in [0, 0.1) is 11.3 Å². The zero-order valence-corrected chi connectivity index (χ0v) is 15.7. The van der Waals surface area contributed by atoms with Gasteiger partial charge in [-0.3, -0.25) is 9.79 Å². The molecule has 1 heterocycles. The van der Waals surface area contributed by atoms with Crippen LogP contribution in [0.2, 0.25) is 0 Å². The lowest BCUT2D eigenvalue weighted by Crippen LogP contribution is -2.28. The molecule has 1 aliphatic rings. The molecule has 1 N–H and O–H groups in total. The van der Waals surface area contributed by atoms with E-state index < -0.39 is 0 Å². The molecule has 0 spiro atoms. The molecule has 0 saturated carbocycles. The number of allylic oxidation sites excluding steroid dienone is 1. The van der Waals surface area contributed by atoms with Crippen molar-refractivity contribution >= 4 is 11.6 Å². The number of carbonyl (C=O) groups is 1. The van der Waals surface area contributed by atoms with Gasteiger partial charge in [-0.1, -0.05) is 49.4 Å². The summed E-state index contributed by atoms with van der Waals surface area (Å²) in [7, 11) is 0. The minimum atomic E-state index is 0.230. The van der Waals surface area contributed by atoms with E-state index in [1.54, 1.807) is 0 Å². The highest BCUT2D eigenvalue weighted by molar-refractivity contribution is 5.86. The van der Waals surface area contributed by atoms with Crippen LogP contribution in [0.5, 0.6) is 0 Å². The van der Waals surface area contributed by atoms with Crippen molar-refractivity contribution in [3.63, 3.8) is 0 Å². The molecule has 0 radical (unpaired) electrons. The molecular weight excluding hydrogens is 334 g/mol. The topological polar surface area (TPSA) is 65.2 Å². The van der Waals surface area contributed by atoms with Crippen molar-refractivity contribution in [1.82, 2.24) is 5.32 Å². The summed E-state index contributed by atoms with van der Waals surface area (Å²) in [6.07, 6.45) is 1.74. The number of hydrogen-bond acceptors (Lipinski definition) is 4. The predicted octanol–water partition coefficient (Wildman–Crippen LogP) is 4.41. The Hall–Kier alpha value is -3.19. The van der Waals surface area contributed by atoms with Gasteiger partial charge in [0.1, 0.15) is 5.78 Å². The zero-order chi connectivity index (χ0) is 19.2. The summed E-state index contributed by atoms with van der Waals surface area (Å²) in [5.41, 5.74) is 5.97. The van der Waals surface area contributed by atoms with Gasteiger partial charge in [-0.05, 0) is 41.7 Å². The number of ketones is 1. The van der Waals surface area contributed by atoms with Gasteiger partial charge in [-0.2, -0.15) is 5.26 Å². The van der Waals surface area contributed by atoms with Crippen LogP contribution >= 0.6 is 0 Å². The minimum absolute atomic E-state index is 0.230. The smallest absolute Gasteiger partial charge is 0.138 e. The maximum atomic E-state index is 11.9. The van der Waals surface area contributed by atoms with Crippen LogP contribution in [0.15, 0.2) is 64.8 Å². The number of rotatable bonds is 6. The number of hydrogen-bond donors (Lipinski definition) is 1. The Labute approximate surface area is 160 Å². The van der Waals surface area contributed by atoms with E-state index in [0.717, 1.165) is 34.7 Å². The third-order valence-corrected chi connectivity index (χ3v) is 4.76. The summed E-state index contributed by atoms with van der Waals surface area (Å²) in [5.74, 6) is 1.09. The summed E-state index contributed by atoms with van der Waals surface area (Å²) >= 11 is 0. The number of nitrogens with zero attached hydrogens (tertiary/aromatic N) is 2. The van der Waals surface area contributed by atoms with Crippen LogP contribution in [-0.2, 0) is 11.2 Å². The van der Waals surface area contributed by atoms with Gasteiger partial charge in [0.15, 0.2) is 0 Å². The Bertz CT molecular complexity index is 946. The molecule has 3 rings (SSSR count). The van der Waals surface area contributed by atoms with Gasteiger partial charge >= 0.3 is 0 Å². The molecule has 136 valence electrons. The molecule has 0 atom stereocenters. The summed E-state index contributed by atoms with van der Waals surface area (Å²) in [5, 5.41) is 12.6. The number of nitriles is 1. The fourth-order valence-electron chi connectivity index (χ4n) is 3.19. The largest absolute Gasteiger partial charge is 0.347 e. The third-order valence-electron chi connectivity index (χ3n) is 4.76. The molecular formula is C23H23N3O. The van der Waals surface area contributed by atoms with E-state index in [0.29, 0.717) is 24.9 Å². The molecule has 2 aromatic rings. The Balaban J connectivity index is 1.82. The van der Waals surface area contributed by atoms with E-state index in [1.807, 2.05) is 50.2 Å². The number of nitrogens with one attached hydrogen (secondary N) is 1. The fraction of sp³-hybridized carbons (Fsp3) is 0.261. The number of amidine groups is 1. The Kier molecular flexibility index (Phi) is 5.83. The van der Waals surface area contributed by atoms with Crippen molar-refractivity contribution in [3.05, 3.63) is 70.9 Å². The highest BCUT2D eigenvalue weighted by Gasteiger charge is 2.16. The van der Waals surface area contributed by atoms with E-state index in [2.05, 4.69) is 28.5 Å². The third kappa shape index (κ3) is 4.51. The number of carbonyl (C=O) groups excluding carboxylic acids is 1. The maximum absolute atomic E-state index is 11.9. The number of Topliss-reactive ketones (excluding diaryl/α,β-unsaturated/α-hetero) is 1. The first-order chi connectivity index (χ1) is 13.1. The minimum Gasteiger partial charge on any atom is -0.347 e. The predicted molar refractivity (Wildman–Crippen MR) is 108 cm³/mol. The molecule has 0 saturated heterocycles. The standard InChI is InChI=1S/C23H23N3O/c1-3-21(27)13-23-20(15-25-16(2)26-23)12-17-8-10-18(11-9-17)22-7-5-4-6-19(22)14-24/h4-11H,3,12-13,15H2,1-2H3,(H,25,26). The molecule has 4 nitrogen and oxygen atoms in total. The molecule has 0 bridgehead atoms. The van der Waals surface area contributed by atoms with Crippen molar-refractivity contribution in [1.29, 1.82) is 5.26 Å². The zero-order valence-electron chi connectivity index (χ0n) is 15.7. The molecule has 0 unspecified atom stereocenters. The Morgan fingerprint density at radius 2 is 1.93 bits per heavy atom. The van der Waals surface area contributed by atoms with Crippen molar-refractivity contribution in [2.75, 3.05) is 6.54 Å². The van der Waals surface area contributed by atoms with Gasteiger partial charge in [-0.15, -0.1) is 0 Å². The average Bonchev–Trinajstić information content (AvgIpc) is 2.70. The average molecular weight is 357 g/mol. The maximum Gasteiger partial charge on any atom is 0.138 e. The molecule has 2 aromatic carbocycles. The van der Waals surface area contributed by atoms with Gasteiger partial charge in [0.2, 0.25) is 0 Å². The van der Waals surface area contributed by atoms with Gasteiger partial charge in [0, 0.05) is 18.5 Å². The quantitative estimate of drug-likeness (QED) is 0.832. The van der Waals surface area contributed by atoms with Gasteiger partial charge in [-0.25, -0.2) is 0 Å². The van der Waals surface area contributed by atoms with Crippen LogP contribution in [0.3, 0.4) is 0 Å². The molecule has 0 amide bonds. The van der Waals surface area contributed by atoms with E-state index in [4.69, 9.17) is 0 Å². The lowest BCUT2D eigenvalue weighted by atomic mass is 9.96. The lowest BCUT2D eigenvalue weighted by molar-refractivity contribution is -0.118. The van der Waals surface area contributed by atoms with Gasteiger partial charge in [0.05, 0.1) is 24.0 Å². The van der Waals surface area contributed by atoms with Crippen molar-refractivity contribution in [3.8, 4) is 17.2 Å². The molecule has 1 aliphatic heterocycles. The van der Waals surface area contributed by atoms with Crippen molar-refractivity contribution in [2.45, 2.75) is 33.1 Å². The monoisotopic (exact) mass is 357 g/mol. The number of benzene rings is 2. The summed E-state index contributed by atoms with van der Waals surface area (Å²) in [6, 6.07) is 18.1. The van der Waals surface area contributed by atoms with Crippen LogP contribution in [0.1, 0.15) is 37.8 Å². The van der Waals surface area contributed by atoms with Crippen LogP contribution < -0.4 is 5.32 Å². The van der Waals surface area contributed by atoms with Gasteiger partial charge < -0.3 is 5.32 Å². The van der Waals surface area contributed by atoms with Crippen molar-refractivity contribution in [2.24, 2.45) is 4.99 Å². The SMILES string of the molecule is CCC(=O)CC1=C(Cc2ccc(-c3ccccc3C#N)cc2)CN=C(C)N1. The highest BCUT2D eigenvalue weighted by atomic mass is 16.1. The molecule has 27 heavy (non-hydrogen) atoms. The fourth-order valence-corrected chi connectivity index (χ4v) is 3.19. The molecule has 0 aromatic heterocycles. The van der Waals surface area contributed by atoms with E-state index in [9.17, 15) is 10.1 Å². The Morgan fingerprint density at radius 3 is 2.63 bits per heavy atom. The number of aliphatic imine (C=N–C) groups is 1. The summed E-state index contributed by atoms with van der Waals surface area (Å²) in [6.45, 7) is 4.45. The summed E-state index contributed by atoms with van der Waals surface area (Å²) in [4.78, 5) is 16.4. The van der Waals surface area contributed by atoms with E-state index in [-0.39, 0.29) is 5.78 Å².